The van der Waals surface area contributed by atoms with E-state index in [4.69, 9.17) is 5.73 Å². The number of halogens is 1. The zero-order valence-corrected chi connectivity index (χ0v) is 10.2. The lowest BCUT2D eigenvalue weighted by Crippen LogP contribution is -2.33. The van der Waals surface area contributed by atoms with Gasteiger partial charge in [0.2, 0.25) is 5.91 Å². The average Bonchev–Trinajstić information content (AvgIpc) is 2.18. The van der Waals surface area contributed by atoms with Crippen LogP contribution in [0.15, 0.2) is 16.6 Å². The van der Waals surface area contributed by atoms with Crippen LogP contribution in [0.1, 0.15) is 18.9 Å². The summed E-state index contributed by atoms with van der Waals surface area (Å²) in [7, 11) is 0. The van der Waals surface area contributed by atoms with E-state index in [0.717, 1.165) is 29.5 Å². The fourth-order valence-corrected chi connectivity index (χ4v) is 2.34. The van der Waals surface area contributed by atoms with Crippen molar-refractivity contribution in [1.82, 2.24) is 0 Å². The minimum absolute atomic E-state index is 0.0812. The molecule has 0 radical (unpaired) electrons. The Labute approximate surface area is 97.4 Å². The van der Waals surface area contributed by atoms with Crippen LogP contribution in [0.4, 0.5) is 11.4 Å². The van der Waals surface area contributed by atoms with Crippen molar-refractivity contribution < 1.29 is 4.79 Å². The van der Waals surface area contributed by atoms with E-state index in [0.29, 0.717) is 5.69 Å². The maximum Gasteiger partial charge on any atom is 0.223 e. The van der Waals surface area contributed by atoms with Crippen molar-refractivity contribution in [2.24, 2.45) is 0 Å². The number of anilines is 2. The number of nitrogen functional groups attached to an aromatic ring is 1. The van der Waals surface area contributed by atoms with E-state index >= 15 is 0 Å². The van der Waals surface area contributed by atoms with Crippen LogP contribution in [-0.4, -0.2) is 12.5 Å². The summed E-state index contributed by atoms with van der Waals surface area (Å²) in [6.07, 6.45) is 2.03. The van der Waals surface area contributed by atoms with E-state index in [2.05, 4.69) is 15.9 Å². The molecule has 0 bridgehead atoms. The minimum atomic E-state index is 0.0812. The summed E-state index contributed by atoms with van der Waals surface area (Å²) in [5.74, 6) is 0.0812. The van der Waals surface area contributed by atoms with Crippen LogP contribution in [0.3, 0.4) is 0 Å². The van der Waals surface area contributed by atoms with Crippen molar-refractivity contribution in [3.05, 3.63) is 22.2 Å². The summed E-state index contributed by atoms with van der Waals surface area (Å²) >= 11 is 3.40. The second-order valence-corrected chi connectivity index (χ2v) is 4.63. The highest BCUT2D eigenvalue weighted by Gasteiger charge is 2.20. The maximum absolute atomic E-state index is 11.4. The molecule has 1 aromatic carbocycles. The number of nitrogens with zero attached hydrogens (tertiary/aromatic N) is 1. The van der Waals surface area contributed by atoms with E-state index in [-0.39, 0.29) is 5.91 Å². The molecule has 0 saturated carbocycles. The van der Waals surface area contributed by atoms with Crippen molar-refractivity contribution in [3.63, 3.8) is 0 Å². The van der Waals surface area contributed by atoms with Crippen LogP contribution in [0.5, 0.6) is 0 Å². The third kappa shape index (κ3) is 1.86. The number of carbonyl (C=O) groups excluding carboxylic acids is 1. The predicted octanol–water partition coefficient (Wildman–Crippen LogP) is 2.33. The molecule has 0 aliphatic carbocycles. The zero-order valence-electron chi connectivity index (χ0n) is 8.59. The van der Waals surface area contributed by atoms with Gasteiger partial charge in [-0.3, -0.25) is 4.79 Å². The quantitative estimate of drug-likeness (QED) is 0.735. The Balaban J connectivity index is 2.51. The Hall–Kier alpha value is -1.03. The Morgan fingerprint density at radius 2 is 2.27 bits per heavy atom. The van der Waals surface area contributed by atoms with E-state index in [1.54, 1.807) is 11.8 Å². The van der Waals surface area contributed by atoms with Crippen molar-refractivity contribution in [2.75, 3.05) is 17.2 Å². The lowest BCUT2D eigenvalue weighted by atomic mass is 10.0. The highest BCUT2D eigenvalue weighted by Crippen LogP contribution is 2.33. The van der Waals surface area contributed by atoms with E-state index in [9.17, 15) is 4.79 Å². The largest absolute Gasteiger partial charge is 0.398 e. The third-order valence-electron chi connectivity index (χ3n) is 2.70. The van der Waals surface area contributed by atoms with Crippen LogP contribution < -0.4 is 10.6 Å². The Bertz CT molecular complexity index is 417. The predicted molar refractivity (Wildman–Crippen MR) is 64.9 cm³/mol. The molecule has 2 rings (SSSR count). The first kappa shape index (κ1) is 10.5. The molecule has 0 fully saturated rings. The molecule has 2 N–H and O–H groups in total. The fraction of sp³-hybridized carbons (Fsp3) is 0.364. The number of carbonyl (C=O) groups is 1. The molecule has 4 heteroatoms. The second-order valence-electron chi connectivity index (χ2n) is 3.78. The zero-order chi connectivity index (χ0) is 11.0. The maximum atomic E-state index is 11.4. The summed E-state index contributed by atoms with van der Waals surface area (Å²) in [4.78, 5) is 13.2. The molecular formula is C11H13BrN2O. The first-order valence-corrected chi connectivity index (χ1v) is 5.75. The number of aryl methyl sites for hydroxylation is 1. The van der Waals surface area contributed by atoms with Gasteiger partial charge in [0, 0.05) is 29.3 Å². The lowest BCUT2D eigenvalue weighted by Gasteiger charge is -2.29. The molecule has 80 valence electrons. The van der Waals surface area contributed by atoms with Crippen molar-refractivity contribution in [1.29, 1.82) is 0 Å². The number of benzene rings is 1. The molecule has 0 unspecified atom stereocenters. The average molecular weight is 269 g/mol. The third-order valence-corrected chi connectivity index (χ3v) is 3.38. The topological polar surface area (TPSA) is 46.3 Å². The van der Waals surface area contributed by atoms with Gasteiger partial charge in [-0.25, -0.2) is 0 Å². The van der Waals surface area contributed by atoms with Crippen molar-refractivity contribution in [3.8, 4) is 0 Å². The standard InChI is InChI=1S/C11H13BrN2O/c1-7(15)14-4-2-3-8-5-9(12)10(13)6-11(8)14/h5-6H,2-4,13H2,1H3. The number of hydrogen-bond acceptors (Lipinski definition) is 2. The summed E-state index contributed by atoms with van der Waals surface area (Å²) in [6.45, 7) is 2.39. The first-order chi connectivity index (χ1) is 7.09. The van der Waals surface area contributed by atoms with Gasteiger partial charge in [-0.05, 0) is 46.5 Å². The number of rotatable bonds is 0. The number of fused-ring (bicyclic) bond motifs is 1. The van der Waals surface area contributed by atoms with Gasteiger partial charge in [0.25, 0.3) is 0 Å². The van der Waals surface area contributed by atoms with Crippen molar-refractivity contribution in [2.45, 2.75) is 19.8 Å². The fourth-order valence-electron chi connectivity index (χ4n) is 1.95. The summed E-state index contributed by atoms with van der Waals surface area (Å²) < 4.78 is 0.909. The lowest BCUT2D eigenvalue weighted by molar-refractivity contribution is -0.116. The normalized spacial score (nSPS) is 14.9. The Morgan fingerprint density at radius 3 is 2.93 bits per heavy atom. The molecule has 0 spiro atoms. The van der Waals surface area contributed by atoms with Gasteiger partial charge in [0.05, 0.1) is 0 Å². The second kappa shape index (κ2) is 3.85. The van der Waals surface area contributed by atoms with Crippen LogP contribution in [0.25, 0.3) is 0 Å². The Morgan fingerprint density at radius 1 is 1.53 bits per heavy atom. The molecule has 0 saturated heterocycles. The molecule has 1 aliphatic heterocycles. The summed E-state index contributed by atoms with van der Waals surface area (Å²) in [5, 5.41) is 0. The number of amides is 1. The molecule has 1 aromatic rings. The molecule has 1 amide bonds. The van der Waals surface area contributed by atoms with Gasteiger partial charge < -0.3 is 10.6 Å². The van der Waals surface area contributed by atoms with Crippen LogP contribution in [0.2, 0.25) is 0 Å². The number of hydrogen-bond donors (Lipinski definition) is 1. The van der Waals surface area contributed by atoms with E-state index < -0.39 is 0 Å². The monoisotopic (exact) mass is 268 g/mol. The van der Waals surface area contributed by atoms with Crippen molar-refractivity contribution >= 4 is 33.2 Å². The van der Waals surface area contributed by atoms with E-state index in [1.807, 2.05) is 12.1 Å². The summed E-state index contributed by atoms with van der Waals surface area (Å²) in [6, 6.07) is 3.89. The highest BCUT2D eigenvalue weighted by atomic mass is 79.9. The molecule has 15 heavy (non-hydrogen) atoms. The number of nitrogens with two attached hydrogens (primary N) is 1. The van der Waals surface area contributed by atoms with Gasteiger partial charge in [0.1, 0.15) is 0 Å². The molecule has 3 nitrogen and oxygen atoms in total. The molecular weight excluding hydrogens is 256 g/mol. The van der Waals surface area contributed by atoms with Gasteiger partial charge >= 0.3 is 0 Å². The smallest absolute Gasteiger partial charge is 0.223 e. The van der Waals surface area contributed by atoms with Gasteiger partial charge in [0.15, 0.2) is 0 Å². The molecule has 0 atom stereocenters. The first-order valence-electron chi connectivity index (χ1n) is 4.95. The highest BCUT2D eigenvalue weighted by molar-refractivity contribution is 9.10. The van der Waals surface area contributed by atoms with Crippen LogP contribution >= 0.6 is 15.9 Å². The summed E-state index contributed by atoms with van der Waals surface area (Å²) in [5.41, 5.74) is 8.66. The van der Waals surface area contributed by atoms with Gasteiger partial charge in [-0.15, -0.1) is 0 Å². The molecule has 0 aromatic heterocycles. The molecule has 1 aliphatic rings. The van der Waals surface area contributed by atoms with Crippen LogP contribution in [-0.2, 0) is 11.2 Å². The van der Waals surface area contributed by atoms with E-state index in [1.165, 1.54) is 5.56 Å². The minimum Gasteiger partial charge on any atom is -0.398 e. The SMILES string of the molecule is CC(=O)N1CCCc2cc(Br)c(N)cc21. The van der Waals surface area contributed by atoms with Gasteiger partial charge in [-0.1, -0.05) is 0 Å². The Kier molecular flexibility index (Phi) is 2.69. The van der Waals surface area contributed by atoms with Gasteiger partial charge in [-0.2, -0.15) is 0 Å². The molecule has 1 heterocycles. The van der Waals surface area contributed by atoms with Crippen LogP contribution in [0, 0.1) is 0 Å².